The zero-order valence-electron chi connectivity index (χ0n) is 11.5. The molecule has 0 spiro atoms. The normalized spacial score (nSPS) is 10.2. The van der Waals surface area contributed by atoms with Gasteiger partial charge in [0.25, 0.3) is 5.91 Å². The van der Waals surface area contributed by atoms with Gasteiger partial charge in [0.1, 0.15) is 5.75 Å². The monoisotopic (exact) mass is 349 g/mol. The maximum absolute atomic E-state index is 11.4. The Labute approximate surface area is 131 Å². The van der Waals surface area contributed by atoms with E-state index in [0.717, 1.165) is 15.8 Å². The molecule has 21 heavy (non-hydrogen) atoms. The summed E-state index contributed by atoms with van der Waals surface area (Å²) in [5.41, 5.74) is 13.8. The topological polar surface area (TPSA) is 90.4 Å². The number of nitrogen functional groups attached to an aromatic ring is 1. The third-order valence-corrected chi connectivity index (χ3v) is 3.51. The summed E-state index contributed by atoms with van der Waals surface area (Å²) < 4.78 is 6.15. The van der Waals surface area contributed by atoms with E-state index in [1.165, 1.54) is 0 Å². The van der Waals surface area contributed by atoms with Crippen molar-refractivity contribution in [1.82, 2.24) is 0 Å². The summed E-state index contributed by atoms with van der Waals surface area (Å²) in [4.78, 5) is 11.4. The molecule has 0 atom stereocenters. The molecule has 0 fully saturated rings. The van der Waals surface area contributed by atoms with Gasteiger partial charge in [0.2, 0.25) is 0 Å². The van der Waals surface area contributed by atoms with Gasteiger partial charge in [0, 0.05) is 28.0 Å². The molecular formula is C15H16BrN3O2. The minimum atomic E-state index is -0.482. The minimum absolute atomic E-state index is 0.432. The van der Waals surface area contributed by atoms with Gasteiger partial charge in [0.15, 0.2) is 0 Å². The van der Waals surface area contributed by atoms with Gasteiger partial charge < -0.3 is 21.5 Å². The lowest BCUT2D eigenvalue weighted by Gasteiger charge is -2.13. The molecule has 6 heteroatoms. The predicted octanol–water partition coefficient (Wildman–Crippen LogP) is 2.75. The third-order valence-electron chi connectivity index (χ3n) is 3.02. The van der Waals surface area contributed by atoms with Crippen LogP contribution < -0.4 is 21.5 Å². The number of anilines is 2. The van der Waals surface area contributed by atoms with Crippen LogP contribution in [-0.2, 0) is 6.54 Å². The van der Waals surface area contributed by atoms with Gasteiger partial charge in [-0.25, -0.2) is 0 Å². The van der Waals surface area contributed by atoms with Crippen molar-refractivity contribution in [2.24, 2.45) is 5.73 Å². The molecule has 0 unspecified atom stereocenters. The number of primary amides is 1. The van der Waals surface area contributed by atoms with Crippen LogP contribution in [0.1, 0.15) is 15.9 Å². The van der Waals surface area contributed by atoms with Crippen LogP contribution in [0.5, 0.6) is 5.75 Å². The number of methoxy groups -OCH3 is 1. The van der Waals surface area contributed by atoms with Gasteiger partial charge in [-0.05, 0) is 36.4 Å². The van der Waals surface area contributed by atoms with E-state index in [4.69, 9.17) is 16.2 Å². The lowest BCUT2D eigenvalue weighted by Crippen LogP contribution is -2.14. The molecule has 0 aliphatic heterocycles. The van der Waals surface area contributed by atoms with Gasteiger partial charge in [-0.15, -0.1) is 0 Å². The van der Waals surface area contributed by atoms with E-state index in [-0.39, 0.29) is 0 Å². The number of carbonyl (C=O) groups excluding carboxylic acids is 1. The number of hydrogen-bond acceptors (Lipinski definition) is 4. The number of nitrogens with one attached hydrogen (secondary N) is 1. The molecule has 5 N–H and O–H groups in total. The number of benzene rings is 2. The summed E-state index contributed by atoms with van der Waals surface area (Å²) in [5, 5.41) is 3.19. The van der Waals surface area contributed by atoms with Crippen LogP contribution in [0.2, 0.25) is 0 Å². The van der Waals surface area contributed by atoms with E-state index >= 15 is 0 Å². The van der Waals surface area contributed by atoms with Crippen molar-refractivity contribution in [3.63, 3.8) is 0 Å². The first-order valence-electron chi connectivity index (χ1n) is 6.27. The Kier molecular flexibility index (Phi) is 4.70. The molecule has 0 saturated carbocycles. The zero-order chi connectivity index (χ0) is 15.4. The van der Waals surface area contributed by atoms with Crippen molar-refractivity contribution in [2.45, 2.75) is 6.54 Å². The predicted molar refractivity (Wildman–Crippen MR) is 87.4 cm³/mol. The standard InChI is InChI=1S/C15H16BrN3O2/c1-21-14-5-3-11(17)6-9(14)8-19-13-7-10(16)2-4-12(13)15(18)20/h2-7,19H,8,17H2,1H3,(H2,18,20). The number of rotatable bonds is 5. The van der Waals surface area contributed by atoms with E-state index in [1.54, 1.807) is 31.4 Å². The van der Waals surface area contributed by atoms with Crippen LogP contribution in [0.3, 0.4) is 0 Å². The average Bonchev–Trinajstić information content (AvgIpc) is 2.45. The number of ether oxygens (including phenoxy) is 1. The first-order valence-corrected chi connectivity index (χ1v) is 7.06. The molecule has 0 aromatic heterocycles. The molecule has 0 bridgehead atoms. The fraction of sp³-hybridized carbons (Fsp3) is 0.133. The van der Waals surface area contributed by atoms with E-state index in [2.05, 4.69) is 21.2 Å². The van der Waals surface area contributed by atoms with E-state index in [9.17, 15) is 4.79 Å². The van der Waals surface area contributed by atoms with Crippen molar-refractivity contribution >= 4 is 33.2 Å². The van der Waals surface area contributed by atoms with Crippen molar-refractivity contribution < 1.29 is 9.53 Å². The number of nitrogens with two attached hydrogens (primary N) is 2. The Bertz CT molecular complexity index is 674. The van der Waals surface area contributed by atoms with Crippen molar-refractivity contribution in [3.05, 3.63) is 52.0 Å². The van der Waals surface area contributed by atoms with Gasteiger partial charge in [-0.1, -0.05) is 15.9 Å². The molecular weight excluding hydrogens is 334 g/mol. The summed E-state index contributed by atoms with van der Waals surface area (Å²) in [6.45, 7) is 0.463. The van der Waals surface area contributed by atoms with Crippen LogP contribution in [0, 0.1) is 0 Å². The Morgan fingerprint density at radius 1 is 1.29 bits per heavy atom. The van der Waals surface area contributed by atoms with Crippen LogP contribution in [-0.4, -0.2) is 13.0 Å². The molecule has 5 nitrogen and oxygen atoms in total. The van der Waals surface area contributed by atoms with Gasteiger partial charge in [-0.2, -0.15) is 0 Å². The second-order valence-corrected chi connectivity index (χ2v) is 5.39. The maximum Gasteiger partial charge on any atom is 0.250 e. The van der Waals surface area contributed by atoms with Crippen LogP contribution in [0.4, 0.5) is 11.4 Å². The Morgan fingerprint density at radius 3 is 2.71 bits per heavy atom. The summed E-state index contributed by atoms with van der Waals surface area (Å²) >= 11 is 3.37. The van der Waals surface area contributed by atoms with E-state index in [0.29, 0.717) is 23.5 Å². The fourth-order valence-electron chi connectivity index (χ4n) is 2.00. The average molecular weight is 350 g/mol. The third kappa shape index (κ3) is 3.66. The molecule has 1 amide bonds. The minimum Gasteiger partial charge on any atom is -0.496 e. The highest BCUT2D eigenvalue weighted by atomic mass is 79.9. The Hall–Kier alpha value is -2.21. The number of halogens is 1. The first-order chi connectivity index (χ1) is 10.0. The van der Waals surface area contributed by atoms with E-state index in [1.807, 2.05) is 12.1 Å². The largest absolute Gasteiger partial charge is 0.496 e. The molecule has 0 saturated heterocycles. The second kappa shape index (κ2) is 6.49. The van der Waals surface area contributed by atoms with Gasteiger partial charge in [0.05, 0.1) is 12.7 Å². The van der Waals surface area contributed by atoms with Crippen molar-refractivity contribution in [3.8, 4) is 5.75 Å². The van der Waals surface area contributed by atoms with Crippen LogP contribution >= 0.6 is 15.9 Å². The molecule has 0 aliphatic carbocycles. The maximum atomic E-state index is 11.4. The number of carbonyl (C=O) groups is 1. The summed E-state index contributed by atoms with van der Waals surface area (Å²) in [6.07, 6.45) is 0. The first kappa shape index (κ1) is 15.2. The van der Waals surface area contributed by atoms with Gasteiger partial charge >= 0.3 is 0 Å². The highest BCUT2D eigenvalue weighted by molar-refractivity contribution is 9.10. The lowest BCUT2D eigenvalue weighted by molar-refractivity contribution is 0.100. The highest BCUT2D eigenvalue weighted by Gasteiger charge is 2.10. The molecule has 2 aromatic rings. The fourth-order valence-corrected chi connectivity index (χ4v) is 2.37. The Balaban J connectivity index is 2.26. The lowest BCUT2D eigenvalue weighted by atomic mass is 10.1. The zero-order valence-corrected chi connectivity index (χ0v) is 13.1. The smallest absolute Gasteiger partial charge is 0.250 e. The Morgan fingerprint density at radius 2 is 2.05 bits per heavy atom. The highest BCUT2D eigenvalue weighted by Crippen LogP contribution is 2.25. The van der Waals surface area contributed by atoms with E-state index < -0.39 is 5.91 Å². The molecule has 2 aromatic carbocycles. The molecule has 0 aliphatic rings. The SMILES string of the molecule is COc1ccc(N)cc1CNc1cc(Br)ccc1C(N)=O. The van der Waals surface area contributed by atoms with Crippen molar-refractivity contribution in [2.75, 3.05) is 18.2 Å². The van der Waals surface area contributed by atoms with Gasteiger partial charge in [-0.3, -0.25) is 4.79 Å². The molecule has 110 valence electrons. The number of amides is 1. The van der Waals surface area contributed by atoms with Crippen molar-refractivity contribution in [1.29, 1.82) is 0 Å². The summed E-state index contributed by atoms with van der Waals surface area (Å²) in [5.74, 6) is 0.247. The second-order valence-electron chi connectivity index (χ2n) is 4.48. The summed E-state index contributed by atoms with van der Waals surface area (Å²) in [6, 6.07) is 10.7. The number of hydrogen-bond donors (Lipinski definition) is 3. The summed E-state index contributed by atoms with van der Waals surface area (Å²) in [7, 11) is 1.60. The molecule has 2 rings (SSSR count). The van der Waals surface area contributed by atoms with Crippen LogP contribution in [0.25, 0.3) is 0 Å². The molecule has 0 heterocycles. The van der Waals surface area contributed by atoms with Crippen LogP contribution in [0.15, 0.2) is 40.9 Å². The molecule has 0 radical (unpaired) electrons. The quantitative estimate of drug-likeness (QED) is 0.724.